The van der Waals surface area contributed by atoms with E-state index in [2.05, 4.69) is 16.0 Å². The van der Waals surface area contributed by atoms with E-state index in [9.17, 15) is 9.59 Å². The van der Waals surface area contributed by atoms with Gasteiger partial charge in [-0.3, -0.25) is 9.59 Å². The number of piperidine rings is 1. The Balaban J connectivity index is 1.72. The van der Waals surface area contributed by atoms with E-state index in [1.165, 1.54) is 11.3 Å². The molecule has 2 heterocycles. The number of anilines is 1. The molecule has 0 unspecified atom stereocenters. The maximum Gasteiger partial charge on any atom is 0.265 e. The Labute approximate surface area is 139 Å². The summed E-state index contributed by atoms with van der Waals surface area (Å²) in [5, 5.41) is 11.0. The molecule has 0 spiro atoms. The van der Waals surface area contributed by atoms with Crippen molar-refractivity contribution in [1.29, 1.82) is 0 Å². The molecule has 6 heteroatoms. The Hall–Kier alpha value is -2.18. The summed E-state index contributed by atoms with van der Waals surface area (Å²) < 4.78 is 0. The number of hydrogen-bond donors (Lipinski definition) is 3. The van der Waals surface area contributed by atoms with Crippen LogP contribution in [-0.2, 0) is 0 Å². The summed E-state index contributed by atoms with van der Waals surface area (Å²) in [4.78, 5) is 25.3. The van der Waals surface area contributed by atoms with Crippen molar-refractivity contribution >= 4 is 28.8 Å². The summed E-state index contributed by atoms with van der Waals surface area (Å²) in [7, 11) is 0. The van der Waals surface area contributed by atoms with Gasteiger partial charge in [-0.15, -0.1) is 11.3 Å². The minimum absolute atomic E-state index is 0.136. The van der Waals surface area contributed by atoms with Crippen molar-refractivity contribution in [2.75, 3.05) is 18.4 Å². The van der Waals surface area contributed by atoms with Crippen LogP contribution in [0.4, 0.5) is 5.69 Å². The lowest BCUT2D eigenvalue weighted by atomic mass is 10.1. The van der Waals surface area contributed by atoms with E-state index >= 15 is 0 Å². The number of para-hydroxylation sites is 1. The third-order valence-electron chi connectivity index (χ3n) is 3.80. The quantitative estimate of drug-likeness (QED) is 0.807. The average molecular weight is 329 g/mol. The Bertz CT molecular complexity index is 679. The zero-order valence-corrected chi connectivity index (χ0v) is 13.5. The molecule has 1 atom stereocenters. The second kappa shape index (κ2) is 7.39. The zero-order chi connectivity index (χ0) is 16.1. The lowest BCUT2D eigenvalue weighted by Gasteiger charge is -2.24. The molecule has 3 rings (SSSR count). The maximum atomic E-state index is 12.5. The van der Waals surface area contributed by atoms with Crippen LogP contribution in [0.25, 0.3) is 0 Å². The summed E-state index contributed by atoms with van der Waals surface area (Å²) in [5.74, 6) is -0.347. The highest BCUT2D eigenvalue weighted by Gasteiger charge is 2.19. The van der Waals surface area contributed by atoms with E-state index in [0.717, 1.165) is 25.9 Å². The smallest absolute Gasteiger partial charge is 0.265 e. The molecule has 120 valence electrons. The van der Waals surface area contributed by atoms with Crippen LogP contribution in [0.15, 0.2) is 41.8 Å². The predicted molar refractivity (Wildman–Crippen MR) is 92.1 cm³/mol. The van der Waals surface area contributed by atoms with Gasteiger partial charge < -0.3 is 16.0 Å². The molecule has 0 aliphatic carbocycles. The molecule has 1 aliphatic rings. The van der Waals surface area contributed by atoms with Crippen LogP contribution in [0.1, 0.15) is 32.9 Å². The van der Waals surface area contributed by atoms with Gasteiger partial charge in [-0.2, -0.15) is 0 Å². The van der Waals surface area contributed by atoms with Crippen LogP contribution < -0.4 is 16.0 Å². The Morgan fingerprint density at radius 2 is 2.00 bits per heavy atom. The van der Waals surface area contributed by atoms with Gasteiger partial charge in [0.25, 0.3) is 11.8 Å². The highest BCUT2D eigenvalue weighted by molar-refractivity contribution is 7.12. The maximum absolute atomic E-state index is 12.5. The highest BCUT2D eigenvalue weighted by Crippen LogP contribution is 2.18. The fourth-order valence-electron chi connectivity index (χ4n) is 2.62. The van der Waals surface area contributed by atoms with Crippen molar-refractivity contribution in [3.8, 4) is 0 Å². The Morgan fingerprint density at radius 3 is 2.74 bits per heavy atom. The third kappa shape index (κ3) is 3.97. The number of rotatable bonds is 4. The summed E-state index contributed by atoms with van der Waals surface area (Å²) in [6.07, 6.45) is 2.03. The Morgan fingerprint density at radius 1 is 1.13 bits per heavy atom. The first kappa shape index (κ1) is 15.7. The number of nitrogens with one attached hydrogen (secondary N) is 3. The van der Waals surface area contributed by atoms with Crippen molar-refractivity contribution < 1.29 is 9.59 Å². The van der Waals surface area contributed by atoms with Crippen molar-refractivity contribution in [1.82, 2.24) is 10.6 Å². The molecule has 0 saturated carbocycles. The van der Waals surface area contributed by atoms with Gasteiger partial charge in [-0.25, -0.2) is 0 Å². The van der Waals surface area contributed by atoms with Gasteiger partial charge in [0.05, 0.1) is 16.1 Å². The Kier molecular flexibility index (Phi) is 5.05. The van der Waals surface area contributed by atoms with E-state index in [1.54, 1.807) is 24.3 Å². The first-order valence-corrected chi connectivity index (χ1v) is 8.57. The number of benzene rings is 1. The topological polar surface area (TPSA) is 70.2 Å². The van der Waals surface area contributed by atoms with Gasteiger partial charge in [-0.1, -0.05) is 18.2 Å². The minimum Gasteiger partial charge on any atom is -0.348 e. The normalized spacial score (nSPS) is 17.5. The number of hydrogen-bond acceptors (Lipinski definition) is 4. The molecule has 23 heavy (non-hydrogen) atoms. The number of amides is 2. The van der Waals surface area contributed by atoms with Crippen LogP contribution >= 0.6 is 11.3 Å². The average Bonchev–Trinajstić information content (AvgIpc) is 3.11. The summed E-state index contributed by atoms with van der Waals surface area (Å²) in [5.41, 5.74) is 1.02. The molecule has 3 N–H and O–H groups in total. The second-order valence-electron chi connectivity index (χ2n) is 5.49. The molecule has 2 amide bonds. The third-order valence-corrected chi connectivity index (χ3v) is 4.67. The van der Waals surface area contributed by atoms with Gasteiger partial charge in [-0.05, 0) is 43.0 Å². The highest BCUT2D eigenvalue weighted by atomic mass is 32.1. The molecule has 1 aromatic heterocycles. The minimum atomic E-state index is -0.195. The van der Waals surface area contributed by atoms with E-state index in [1.807, 2.05) is 17.5 Å². The first-order valence-electron chi connectivity index (χ1n) is 7.69. The van der Waals surface area contributed by atoms with Crippen LogP contribution in [-0.4, -0.2) is 30.9 Å². The standard InChI is InChI=1S/C17H19N3O2S/c21-16(19-12-5-3-9-18-11-12)13-6-1-2-7-14(13)20-17(22)15-8-4-10-23-15/h1-2,4,6-8,10,12,18H,3,5,9,11H2,(H,19,21)(H,20,22)/t12-/m0/s1. The van der Waals surface area contributed by atoms with Crippen LogP contribution in [0.5, 0.6) is 0 Å². The van der Waals surface area contributed by atoms with Gasteiger partial charge >= 0.3 is 0 Å². The molecule has 0 radical (unpaired) electrons. The monoisotopic (exact) mass is 329 g/mol. The first-order chi connectivity index (χ1) is 11.2. The summed E-state index contributed by atoms with van der Waals surface area (Å²) in [6.45, 7) is 1.79. The number of carbonyl (C=O) groups is 2. The summed E-state index contributed by atoms with van der Waals surface area (Å²) in [6, 6.07) is 10.8. The van der Waals surface area contributed by atoms with Gasteiger partial charge in [0, 0.05) is 12.6 Å². The van der Waals surface area contributed by atoms with E-state index in [0.29, 0.717) is 16.1 Å². The van der Waals surface area contributed by atoms with Crippen LogP contribution in [0, 0.1) is 0 Å². The second-order valence-corrected chi connectivity index (χ2v) is 6.44. The molecule has 1 aromatic carbocycles. The summed E-state index contributed by atoms with van der Waals surface area (Å²) >= 11 is 1.37. The molecular formula is C17H19N3O2S. The fraction of sp³-hybridized carbons (Fsp3) is 0.294. The molecule has 2 aromatic rings. The molecule has 0 bridgehead atoms. The van der Waals surface area contributed by atoms with Crippen LogP contribution in [0.2, 0.25) is 0 Å². The molecule has 1 saturated heterocycles. The zero-order valence-electron chi connectivity index (χ0n) is 12.7. The molecule has 1 aliphatic heterocycles. The van der Waals surface area contributed by atoms with E-state index in [-0.39, 0.29) is 17.9 Å². The largest absolute Gasteiger partial charge is 0.348 e. The number of thiophene rings is 1. The van der Waals surface area contributed by atoms with E-state index < -0.39 is 0 Å². The van der Waals surface area contributed by atoms with Crippen molar-refractivity contribution in [2.45, 2.75) is 18.9 Å². The predicted octanol–water partition coefficient (Wildman–Crippen LogP) is 2.48. The van der Waals surface area contributed by atoms with Gasteiger partial charge in [0.1, 0.15) is 0 Å². The molecular weight excluding hydrogens is 310 g/mol. The van der Waals surface area contributed by atoms with E-state index in [4.69, 9.17) is 0 Å². The SMILES string of the molecule is O=C(Nc1ccccc1C(=O)N[C@H]1CCCNC1)c1cccs1. The molecule has 1 fully saturated rings. The fourth-order valence-corrected chi connectivity index (χ4v) is 3.24. The number of carbonyl (C=O) groups excluding carboxylic acids is 2. The van der Waals surface area contributed by atoms with Gasteiger partial charge in [0.2, 0.25) is 0 Å². The lowest BCUT2D eigenvalue weighted by molar-refractivity contribution is 0.0931. The van der Waals surface area contributed by atoms with Gasteiger partial charge in [0.15, 0.2) is 0 Å². The van der Waals surface area contributed by atoms with Crippen molar-refractivity contribution in [2.24, 2.45) is 0 Å². The van der Waals surface area contributed by atoms with Crippen molar-refractivity contribution in [3.63, 3.8) is 0 Å². The lowest BCUT2D eigenvalue weighted by Crippen LogP contribution is -2.45. The molecule has 5 nitrogen and oxygen atoms in total. The van der Waals surface area contributed by atoms with Crippen molar-refractivity contribution in [3.05, 3.63) is 52.2 Å². The van der Waals surface area contributed by atoms with Crippen LogP contribution in [0.3, 0.4) is 0 Å².